The fourth-order valence-electron chi connectivity index (χ4n) is 3.38. The van der Waals surface area contributed by atoms with Crippen LogP contribution in [0.5, 0.6) is 11.5 Å². The molecule has 1 fully saturated rings. The molecule has 0 radical (unpaired) electrons. The Morgan fingerprint density at radius 1 is 1.14 bits per heavy atom. The van der Waals surface area contributed by atoms with Crippen molar-refractivity contribution in [1.29, 1.82) is 0 Å². The van der Waals surface area contributed by atoms with E-state index in [9.17, 15) is 18.4 Å². The predicted octanol–water partition coefficient (Wildman–Crippen LogP) is 2.92. The van der Waals surface area contributed by atoms with Crippen molar-refractivity contribution in [2.45, 2.75) is 19.4 Å². The molecule has 6 nitrogen and oxygen atoms in total. The SMILES string of the molecule is CC(NC(=O)C1CC(=O)N(c2ccc3c(c2)OCO3)C1)c1ccc(F)c(F)c1. The van der Waals surface area contributed by atoms with E-state index in [0.717, 1.165) is 12.1 Å². The lowest BCUT2D eigenvalue weighted by molar-refractivity contribution is -0.126. The van der Waals surface area contributed by atoms with Crippen LogP contribution in [-0.4, -0.2) is 25.2 Å². The maximum atomic E-state index is 13.4. The van der Waals surface area contributed by atoms with Crippen molar-refractivity contribution < 1.29 is 27.8 Å². The van der Waals surface area contributed by atoms with Gasteiger partial charge in [-0.05, 0) is 36.8 Å². The van der Waals surface area contributed by atoms with Gasteiger partial charge in [0.25, 0.3) is 0 Å². The molecule has 2 aromatic carbocycles. The molecule has 2 atom stereocenters. The van der Waals surface area contributed by atoms with Crippen molar-refractivity contribution in [2.75, 3.05) is 18.2 Å². The first-order valence-electron chi connectivity index (χ1n) is 8.87. The van der Waals surface area contributed by atoms with Gasteiger partial charge in [-0.15, -0.1) is 0 Å². The molecule has 2 aromatic rings. The number of benzene rings is 2. The normalized spacial score (nSPS) is 19.0. The van der Waals surface area contributed by atoms with Gasteiger partial charge in [0.2, 0.25) is 18.6 Å². The van der Waals surface area contributed by atoms with Crippen LogP contribution in [0.15, 0.2) is 36.4 Å². The smallest absolute Gasteiger partial charge is 0.231 e. The lowest BCUT2D eigenvalue weighted by Crippen LogP contribution is -2.34. The summed E-state index contributed by atoms with van der Waals surface area (Å²) in [5.74, 6) is -1.75. The molecule has 8 heteroatoms. The molecular weight excluding hydrogens is 370 g/mol. The van der Waals surface area contributed by atoms with Gasteiger partial charge in [-0.2, -0.15) is 0 Å². The highest BCUT2D eigenvalue weighted by Crippen LogP contribution is 2.37. The van der Waals surface area contributed by atoms with E-state index in [1.807, 2.05) is 0 Å². The molecule has 0 spiro atoms. The number of hydrogen-bond acceptors (Lipinski definition) is 4. The highest BCUT2D eigenvalue weighted by atomic mass is 19.2. The second-order valence-corrected chi connectivity index (χ2v) is 6.85. The molecule has 4 rings (SSSR count). The number of hydrogen-bond donors (Lipinski definition) is 1. The van der Waals surface area contributed by atoms with Crippen LogP contribution >= 0.6 is 0 Å². The van der Waals surface area contributed by atoms with E-state index in [1.165, 1.54) is 11.0 Å². The molecule has 0 aliphatic carbocycles. The minimum atomic E-state index is -0.969. The third-order valence-electron chi connectivity index (χ3n) is 4.97. The molecule has 146 valence electrons. The molecule has 1 N–H and O–H groups in total. The number of rotatable bonds is 4. The van der Waals surface area contributed by atoms with Gasteiger partial charge in [0.15, 0.2) is 23.1 Å². The zero-order chi connectivity index (χ0) is 19.8. The molecule has 2 aliphatic rings. The van der Waals surface area contributed by atoms with Crippen molar-refractivity contribution in [1.82, 2.24) is 5.32 Å². The van der Waals surface area contributed by atoms with E-state index in [-0.39, 0.29) is 31.6 Å². The lowest BCUT2D eigenvalue weighted by atomic mass is 10.0. The number of fused-ring (bicyclic) bond motifs is 1. The minimum absolute atomic E-state index is 0.0742. The number of carbonyl (C=O) groups excluding carboxylic acids is 2. The van der Waals surface area contributed by atoms with Gasteiger partial charge >= 0.3 is 0 Å². The Labute approximate surface area is 160 Å². The molecule has 2 aliphatic heterocycles. The highest BCUT2D eigenvalue weighted by molar-refractivity contribution is 6.00. The second kappa shape index (κ2) is 7.10. The number of nitrogens with one attached hydrogen (secondary N) is 1. The average Bonchev–Trinajstić information content (AvgIpc) is 3.29. The van der Waals surface area contributed by atoms with Crippen LogP contribution < -0.4 is 19.7 Å². The number of carbonyl (C=O) groups is 2. The van der Waals surface area contributed by atoms with E-state index < -0.39 is 23.6 Å². The maximum Gasteiger partial charge on any atom is 0.231 e. The Morgan fingerprint density at radius 3 is 2.71 bits per heavy atom. The molecule has 0 aromatic heterocycles. The molecule has 28 heavy (non-hydrogen) atoms. The van der Waals surface area contributed by atoms with Gasteiger partial charge in [0.05, 0.1) is 12.0 Å². The number of amides is 2. The molecule has 0 bridgehead atoms. The minimum Gasteiger partial charge on any atom is -0.454 e. The molecule has 2 unspecified atom stereocenters. The zero-order valence-electron chi connectivity index (χ0n) is 15.1. The molecule has 0 saturated carbocycles. The third-order valence-corrected chi connectivity index (χ3v) is 4.97. The van der Waals surface area contributed by atoms with Crippen LogP contribution in [0.2, 0.25) is 0 Å². The van der Waals surface area contributed by atoms with Crippen LogP contribution in [-0.2, 0) is 9.59 Å². The average molecular weight is 388 g/mol. The van der Waals surface area contributed by atoms with Crippen molar-refractivity contribution >= 4 is 17.5 Å². The molecule has 2 amide bonds. The summed E-state index contributed by atoms with van der Waals surface area (Å²) in [6.07, 6.45) is 0.0742. The van der Waals surface area contributed by atoms with E-state index >= 15 is 0 Å². The van der Waals surface area contributed by atoms with Crippen LogP contribution in [0.3, 0.4) is 0 Å². The van der Waals surface area contributed by atoms with Gasteiger partial charge in [-0.3, -0.25) is 9.59 Å². The Balaban J connectivity index is 1.43. The summed E-state index contributed by atoms with van der Waals surface area (Å²) in [6.45, 7) is 2.05. The van der Waals surface area contributed by atoms with Crippen molar-refractivity contribution in [2.24, 2.45) is 5.92 Å². The molecule has 2 heterocycles. The summed E-state index contributed by atoms with van der Waals surface area (Å²) in [7, 11) is 0. The number of halogens is 2. The maximum absolute atomic E-state index is 13.4. The third kappa shape index (κ3) is 3.37. The van der Waals surface area contributed by atoms with Gasteiger partial charge < -0.3 is 19.7 Å². The van der Waals surface area contributed by atoms with Crippen LogP contribution in [0.4, 0.5) is 14.5 Å². The Morgan fingerprint density at radius 2 is 1.93 bits per heavy atom. The fraction of sp³-hybridized carbons (Fsp3) is 0.300. The zero-order valence-corrected chi connectivity index (χ0v) is 15.1. The number of anilines is 1. The second-order valence-electron chi connectivity index (χ2n) is 6.85. The monoisotopic (exact) mass is 388 g/mol. The summed E-state index contributed by atoms with van der Waals surface area (Å²) in [5.41, 5.74) is 1.09. The lowest BCUT2D eigenvalue weighted by Gasteiger charge is -2.19. The summed E-state index contributed by atoms with van der Waals surface area (Å²) < 4.78 is 37.1. The van der Waals surface area contributed by atoms with E-state index in [0.29, 0.717) is 22.7 Å². The summed E-state index contributed by atoms with van der Waals surface area (Å²) in [4.78, 5) is 26.5. The Hall–Kier alpha value is -3.16. The van der Waals surface area contributed by atoms with Crippen LogP contribution in [0.25, 0.3) is 0 Å². The molecule has 1 saturated heterocycles. The van der Waals surface area contributed by atoms with E-state index in [2.05, 4.69) is 5.32 Å². The first-order chi connectivity index (χ1) is 13.4. The highest BCUT2D eigenvalue weighted by Gasteiger charge is 2.36. The van der Waals surface area contributed by atoms with Gasteiger partial charge in [-0.25, -0.2) is 8.78 Å². The Kier molecular flexibility index (Phi) is 4.62. The van der Waals surface area contributed by atoms with Crippen molar-refractivity contribution in [3.8, 4) is 11.5 Å². The Bertz CT molecular complexity index is 950. The number of nitrogens with zero attached hydrogens (tertiary/aromatic N) is 1. The van der Waals surface area contributed by atoms with Gasteiger partial charge in [0, 0.05) is 24.7 Å². The largest absolute Gasteiger partial charge is 0.454 e. The van der Waals surface area contributed by atoms with E-state index in [4.69, 9.17) is 9.47 Å². The van der Waals surface area contributed by atoms with E-state index in [1.54, 1.807) is 25.1 Å². The first kappa shape index (κ1) is 18.2. The topological polar surface area (TPSA) is 67.9 Å². The van der Waals surface area contributed by atoms with Gasteiger partial charge in [0.1, 0.15) is 0 Å². The first-order valence-corrected chi connectivity index (χ1v) is 8.87. The van der Waals surface area contributed by atoms with Crippen LogP contribution in [0.1, 0.15) is 24.9 Å². The fourth-order valence-corrected chi connectivity index (χ4v) is 3.38. The molecular formula is C20H18F2N2O4. The van der Waals surface area contributed by atoms with Crippen molar-refractivity contribution in [3.63, 3.8) is 0 Å². The quantitative estimate of drug-likeness (QED) is 0.875. The van der Waals surface area contributed by atoms with Crippen LogP contribution in [0, 0.1) is 17.6 Å². The number of ether oxygens (including phenoxy) is 2. The summed E-state index contributed by atoms with van der Waals surface area (Å²) in [5, 5.41) is 2.77. The van der Waals surface area contributed by atoms with Gasteiger partial charge in [-0.1, -0.05) is 6.07 Å². The standard InChI is InChI=1S/C20H18F2N2O4/c1-11(12-2-4-15(21)16(22)6-12)23-20(26)13-7-19(25)24(9-13)14-3-5-17-18(8-14)28-10-27-17/h2-6,8,11,13H,7,9-10H2,1H3,(H,23,26). The predicted molar refractivity (Wildman–Crippen MR) is 95.9 cm³/mol. The van der Waals surface area contributed by atoms with Crippen molar-refractivity contribution in [3.05, 3.63) is 53.6 Å². The summed E-state index contributed by atoms with van der Waals surface area (Å²) in [6, 6.07) is 8.16. The summed E-state index contributed by atoms with van der Waals surface area (Å²) >= 11 is 0.